The summed E-state index contributed by atoms with van der Waals surface area (Å²) in [5, 5.41) is 12.3. The molecule has 1 amide bonds. The smallest absolute Gasteiger partial charge is 0.309 e. The van der Waals surface area contributed by atoms with Gasteiger partial charge in [0.05, 0.1) is 10.8 Å². The van der Waals surface area contributed by atoms with Crippen molar-refractivity contribution >= 4 is 33.5 Å². The monoisotopic (exact) mass is 337 g/mol. The number of carboxylic acid groups (broad SMARTS) is 1. The first-order valence-electron chi connectivity index (χ1n) is 6.76. The van der Waals surface area contributed by atoms with E-state index in [2.05, 4.69) is 21.2 Å². The van der Waals surface area contributed by atoms with E-state index in [0.717, 1.165) is 10.2 Å². The van der Waals surface area contributed by atoms with E-state index in [1.807, 2.05) is 24.3 Å². The lowest BCUT2D eigenvalue weighted by atomic mass is 9.81. The second-order valence-electron chi connectivity index (χ2n) is 6.00. The molecule has 2 bridgehead atoms. The predicted octanol–water partition coefficient (Wildman–Crippen LogP) is 3.42. The summed E-state index contributed by atoms with van der Waals surface area (Å²) in [5.74, 6) is -0.770. The molecule has 0 aliphatic heterocycles. The summed E-state index contributed by atoms with van der Waals surface area (Å²) in [5.41, 5.74) is -0.380. The highest BCUT2D eigenvalue weighted by molar-refractivity contribution is 9.10. The predicted molar refractivity (Wildman–Crippen MR) is 78.4 cm³/mol. The summed E-state index contributed by atoms with van der Waals surface area (Å²) >= 11 is 3.35. The van der Waals surface area contributed by atoms with Gasteiger partial charge in [0.2, 0.25) is 5.91 Å². The molecule has 0 saturated heterocycles. The highest BCUT2D eigenvalue weighted by atomic mass is 79.9. The van der Waals surface area contributed by atoms with E-state index in [9.17, 15) is 14.7 Å². The first-order valence-corrected chi connectivity index (χ1v) is 7.56. The van der Waals surface area contributed by atoms with Crippen LogP contribution in [0.15, 0.2) is 28.7 Å². The van der Waals surface area contributed by atoms with E-state index in [4.69, 9.17) is 0 Å². The lowest BCUT2D eigenvalue weighted by Gasteiger charge is -2.25. The van der Waals surface area contributed by atoms with E-state index >= 15 is 0 Å². The summed E-state index contributed by atoms with van der Waals surface area (Å²) in [6.07, 6.45) is 3.09. The first-order chi connectivity index (χ1) is 9.46. The van der Waals surface area contributed by atoms with E-state index in [1.165, 1.54) is 0 Å². The largest absolute Gasteiger partial charge is 0.481 e. The molecule has 0 heterocycles. The van der Waals surface area contributed by atoms with E-state index in [0.29, 0.717) is 32.1 Å². The number of amides is 1. The van der Waals surface area contributed by atoms with E-state index in [1.54, 1.807) is 0 Å². The third kappa shape index (κ3) is 2.04. The van der Waals surface area contributed by atoms with Crippen molar-refractivity contribution in [3.63, 3.8) is 0 Å². The molecule has 2 saturated carbocycles. The number of carbonyl (C=O) groups is 2. The molecule has 2 fully saturated rings. The Labute approximate surface area is 125 Å². The Morgan fingerprint density at radius 3 is 2.10 bits per heavy atom. The molecule has 3 rings (SSSR count). The number of rotatable bonds is 3. The number of carboxylic acids is 1. The Kier molecular flexibility index (Phi) is 3.12. The van der Waals surface area contributed by atoms with Crippen LogP contribution in [0.3, 0.4) is 0 Å². The average Bonchev–Trinajstić information content (AvgIpc) is 3.00. The number of hydrogen-bond donors (Lipinski definition) is 2. The zero-order chi connectivity index (χ0) is 14.4. The van der Waals surface area contributed by atoms with Crippen LogP contribution in [0, 0.1) is 10.8 Å². The van der Waals surface area contributed by atoms with E-state index in [-0.39, 0.29) is 5.91 Å². The number of benzene rings is 1. The number of carbonyl (C=O) groups excluding carboxylic acids is 1. The van der Waals surface area contributed by atoms with Gasteiger partial charge < -0.3 is 10.4 Å². The second-order valence-corrected chi connectivity index (χ2v) is 6.92. The maximum atomic E-state index is 12.5. The van der Waals surface area contributed by atoms with Crippen LogP contribution in [-0.4, -0.2) is 17.0 Å². The maximum absolute atomic E-state index is 12.5. The SMILES string of the molecule is O=C(O)C12CCC(C(=O)Nc3ccc(Br)cc3)(CC1)C2. The number of nitrogens with one attached hydrogen (secondary N) is 1. The van der Waals surface area contributed by atoms with Crippen molar-refractivity contribution in [2.45, 2.75) is 32.1 Å². The number of halogens is 1. The second kappa shape index (κ2) is 4.58. The zero-order valence-corrected chi connectivity index (χ0v) is 12.6. The molecule has 0 spiro atoms. The summed E-state index contributed by atoms with van der Waals surface area (Å²) in [6.45, 7) is 0. The molecule has 1 aromatic rings. The highest BCUT2D eigenvalue weighted by Gasteiger charge is 2.61. The van der Waals surface area contributed by atoms with Crippen LogP contribution in [0.4, 0.5) is 5.69 Å². The van der Waals surface area contributed by atoms with Crippen LogP contribution in [0.5, 0.6) is 0 Å². The lowest BCUT2D eigenvalue weighted by molar-refractivity contribution is -0.148. The zero-order valence-electron chi connectivity index (χ0n) is 11.0. The van der Waals surface area contributed by atoms with Gasteiger partial charge in [0.25, 0.3) is 0 Å². The van der Waals surface area contributed by atoms with Crippen molar-refractivity contribution in [1.29, 1.82) is 0 Å². The van der Waals surface area contributed by atoms with Gasteiger partial charge in [0.1, 0.15) is 0 Å². The fourth-order valence-electron chi connectivity index (χ4n) is 3.60. The van der Waals surface area contributed by atoms with Crippen LogP contribution >= 0.6 is 15.9 Å². The van der Waals surface area contributed by atoms with Gasteiger partial charge in [0.15, 0.2) is 0 Å². The Bertz CT molecular complexity index is 559. The van der Waals surface area contributed by atoms with Crippen LogP contribution in [0.25, 0.3) is 0 Å². The third-order valence-corrected chi connectivity index (χ3v) is 5.41. The Morgan fingerprint density at radius 2 is 1.60 bits per heavy atom. The Hall–Kier alpha value is -1.36. The van der Waals surface area contributed by atoms with Gasteiger partial charge >= 0.3 is 5.97 Å². The number of aliphatic carboxylic acids is 1. The molecule has 0 aromatic heterocycles. The van der Waals surface area contributed by atoms with Gasteiger partial charge in [-0.25, -0.2) is 0 Å². The van der Waals surface area contributed by atoms with Gasteiger partial charge in [-0.1, -0.05) is 15.9 Å². The molecule has 4 nitrogen and oxygen atoms in total. The van der Waals surface area contributed by atoms with E-state index < -0.39 is 16.8 Å². The average molecular weight is 338 g/mol. The maximum Gasteiger partial charge on any atom is 0.309 e. The van der Waals surface area contributed by atoms with Gasteiger partial charge in [-0.2, -0.15) is 0 Å². The highest BCUT2D eigenvalue weighted by Crippen LogP contribution is 2.61. The molecular formula is C15H16BrNO3. The van der Waals surface area contributed by atoms with Gasteiger partial charge in [-0.05, 0) is 56.4 Å². The normalized spacial score (nSPS) is 31.2. The summed E-state index contributed by atoms with van der Waals surface area (Å²) in [7, 11) is 0. The quantitative estimate of drug-likeness (QED) is 0.887. The fraction of sp³-hybridized carbons (Fsp3) is 0.467. The molecule has 0 unspecified atom stereocenters. The first kappa shape index (κ1) is 13.6. The summed E-state index contributed by atoms with van der Waals surface area (Å²) in [6, 6.07) is 7.43. The molecule has 2 aliphatic carbocycles. The van der Waals surface area contributed by atoms with Crippen LogP contribution in [0.1, 0.15) is 32.1 Å². The van der Waals surface area contributed by atoms with Crippen LogP contribution in [0.2, 0.25) is 0 Å². The topological polar surface area (TPSA) is 66.4 Å². The number of anilines is 1. The van der Waals surface area contributed by atoms with Crippen molar-refractivity contribution in [3.05, 3.63) is 28.7 Å². The number of hydrogen-bond acceptors (Lipinski definition) is 2. The van der Waals surface area contributed by atoms with Gasteiger partial charge in [-0.15, -0.1) is 0 Å². The van der Waals surface area contributed by atoms with Crippen molar-refractivity contribution in [3.8, 4) is 0 Å². The van der Waals surface area contributed by atoms with Crippen molar-refractivity contribution in [2.24, 2.45) is 10.8 Å². The number of fused-ring (bicyclic) bond motifs is 2. The minimum Gasteiger partial charge on any atom is -0.481 e. The summed E-state index contributed by atoms with van der Waals surface area (Å²) < 4.78 is 0.959. The molecular weight excluding hydrogens is 322 g/mol. The molecule has 2 aliphatic rings. The molecule has 0 radical (unpaired) electrons. The van der Waals surface area contributed by atoms with Crippen molar-refractivity contribution in [1.82, 2.24) is 0 Å². The molecule has 0 atom stereocenters. The Balaban J connectivity index is 1.76. The van der Waals surface area contributed by atoms with Crippen molar-refractivity contribution in [2.75, 3.05) is 5.32 Å². The lowest BCUT2D eigenvalue weighted by Crippen LogP contribution is -2.32. The Morgan fingerprint density at radius 1 is 1.05 bits per heavy atom. The molecule has 106 valence electrons. The minimum absolute atomic E-state index is 0.0274. The van der Waals surface area contributed by atoms with Crippen LogP contribution < -0.4 is 5.32 Å². The van der Waals surface area contributed by atoms with Crippen LogP contribution in [-0.2, 0) is 9.59 Å². The minimum atomic E-state index is -0.742. The summed E-state index contributed by atoms with van der Waals surface area (Å²) in [4.78, 5) is 23.9. The molecule has 5 heteroatoms. The van der Waals surface area contributed by atoms with Crippen molar-refractivity contribution < 1.29 is 14.7 Å². The third-order valence-electron chi connectivity index (χ3n) is 4.88. The van der Waals surface area contributed by atoms with Gasteiger partial charge in [-0.3, -0.25) is 9.59 Å². The standard InChI is InChI=1S/C15H16BrNO3/c16-10-1-3-11(4-2-10)17-12(18)14-5-7-15(9-14,8-6-14)13(19)20/h1-4H,5-9H2,(H,17,18)(H,19,20). The fourth-order valence-corrected chi connectivity index (χ4v) is 3.87. The molecule has 1 aromatic carbocycles. The molecule has 20 heavy (non-hydrogen) atoms. The molecule has 2 N–H and O–H groups in total. The van der Waals surface area contributed by atoms with Gasteiger partial charge in [0, 0.05) is 10.2 Å².